The molecule has 0 bridgehead atoms. The lowest BCUT2D eigenvalue weighted by Crippen LogP contribution is -2.14. The smallest absolute Gasteiger partial charge is 0.248 e. The SMILES string of the molecule is Cc1cc(N(c2ccccc2)c2cccc(-c3c(Br)cnn3C)c2)ccc1C(N)=O. The maximum Gasteiger partial charge on any atom is 0.248 e. The van der Waals surface area contributed by atoms with E-state index in [1.54, 1.807) is 12.3 Å². The summed E-state index contributed by atoms with van der Waals surface area (Å²) in [6, 6.07) is 24.1. The number of aryl methyl sites for hydroxylation is 2. The molecule has 150 valence electrons. The Hall–Kier alpha value is -3.38. The standard InChI is InChI=1S/C24H21BrN4O/c1-16-13-20(11-12-21(16)24(26)30)29(18-8-4-3-5-9-18)19-10-6-7-17(14-19)23-22(25)15-27-28(23)2/h3-15H,1-2H3,(H2,26,30). The number of primary amides is 1. The highest BCUT2D eigenvalue weighted by atomic mass is 79.9. The second kappa shape index (κ2) is 8.16. The topological polar surface area (TPSA) is 64.2 Å². The number of rotatable bonds is 5. The number of aromatic nitrogens is 2. The number of amides is 1. The van der Waals surface area contributed by atoms with Crippen molar-refractivity contribution in [2.45, 2.75) is 6.92 Å². The van der Waals surface area contributed by atoms with E-state index < -0.39 is 5.91 Å². The van der Waals surface area contributed by atoms with Crippen molar-refractivity contribution < 1.29 is 4.79 Å². The normalized spacial score (nSPS) is 10.8. The van der Waals surface area contributed by atoms with Crippen LogP contribution in [0.15, 0.2) is 83.5 Å². The van der Waals surface area contributed by atoms with E-state index in [0.717, 1.165) is 38.4 Å². The molecular formula is C24H21BrN4O. The minimum atomic E-state index is -0.423. The third-order valence-electron chi connectivity index (χ3n) is 5.02. The van der Waals surface area contributed by atoms with Crippen LogP contribution in [-0.4, -0.2) is 15.7 Å². The Labute approximate surface area is 183 Å². The van der Waals surface area contributed by atoms with Crippen molar-refractivity contribution in [2.75, 3.05) is 4.90 Å². The van der Waals surface area contributed by atoms with Gasteiger partial charge in [0.2, 0.25) is 5.91 Å². The molecule has 2 N–H and O–H groups in total. The van der Waals surface area contributed by atoms with Gasteiger partial charge in [0.05, 0.1) is 16.4 Å². The van der Waals surface area contributed by atoms with Crippen LogP contribution in [0.3, 0.4) is 0 Å². The van der Waals surface area contributed by atoms with Crippen molar-refractivity contribution in [2.24, 2.45) is 12.8 Å². The van der Waals surface area contributed by atoms with Crippen LogP contribution in [0.2, 0.25) is 0 Å². The Bertz CT molecular complexity index is 1200. The average molecular weight is 461 g/mol. The number of para-hydroxylation sites is 1. The molecule has 0 saturated heterocycles. The summed E-state index contributed by atoms with van der Waals surface area (Å²) in [6.07, 6.45) is 1.79. The molecule has 4 aromatic rings. The van der Waals surface area contributed by atoms with E-state index in [2.05, 4.69) is 56.3 Å². The first kappa shape index (κ1) is 19.9. The molecule has 6 heteroatoms. The number of carbonyl (C=O) groups excluding carboxylic acids is 1. The van der Waals surface area contributed by atoms with Crippen molar-refractivity contribution in [3.8, 4) is 11.3 Å². The van der Waals surface area contributed by atoms with Crippen LogP contribution >= 0.6 is 15.9 Å². The van der Waals surface area contributed by atoms with E-state index in [9.17, 15) is 4.79 Å². The molecule has 0 aliphatic carbocycles. The molecule has 0 aliphatic heterocycles. The van der Waals surface area contributed by atoms with Crippen LogP contribution in [0.1, 0.15) is 15.9 Å². The van der Waals surface area contributed by atoms with Gasteiger partial charge in [-0.2, -0.15) is 5.10 Å². The monoisotopic (exact) mass is 460 g/mol. The molecule has 0 unspecified atom stereocenters. The third-order valence-corrected chi connectivity index (χ3v) is 5.60. The first-order valence-electron chi connectivity index (χ1n) is 9.49. The Morgan fingerprint density at radius 2 is 1.67 bits per heavy atom. The molecule has 1 heterocycles. The van der Waals surface area contributed by atoms with Crippen molar-refractivity contribution in [3.63, 3.8) is 0 Å². The molecule has 0 saturated carbocycles. The number of anilines is 3. The number of hydrogen-bond acceptors (Lipinski definition) is 3. The maximum atomic E-state index is 11.7. The molecule has 5 nitrogen and oxygen atoms in total. The van der Waals surface area contributed by atoms with Gasteiger partial charge in [0.25, 0.3) is 0 Å². The van der Waals surface area contributed by atoms with Crippen LogP contribution in [0.4, 0.5) is 17.1 Å². The number of benzene rings is 3. The summed E-state index contributed by atoms with van der Waals surface area (Å²) < 4.78 is 2.79. The number of hydrogen-bond donors (Lipinski definition) is 1. The minimum Gasteiger partial charge on any atom is -0.366 e. The summed E-state index contributed by atoms with van der Waals surface area (Å²) in [6.45, 7) is 1.90. The zero-order valence-corrected chi connectivity index (χ0v) is 18.3. The van der Waals surface area contributed by atoms with E-state index in [-0.39, 0.29) is 0 Å². The fraction of sp³-hybridized carbons (Fsp3) is 0.0833. The maximum absolute atomic E-state index is 11.7. The molecule has 0 aliphatic rings. The van der Waals surface area contributed by atoms with Crippen molar-refractivity contribution in [1.82, 2.24) is 9.78 Å². The van der Waals surface area contributed by atoms with Gasteiger partial charge in [-0.25, -0.2) is 0 Å². The van der Waals surface area contributed by atoms with Gasteiger partial charge in [0.1, 0.15) is 0 Å². The van der Waals surface area contributed by atoms with Gasteiger partial charge in [-0.1, -0.05) is 30.3 Å². The van der Waals surface area contributed by atoms with Gasteiger partial charge < -0.3 is 10.6 Å². The lowest BCUT2D eigenvalue weighted by atomic mass is 10.1. The lowest BCUT2D eigenvalue weighted by Gasteiger charge is -2.26. The number of carbonyl (C=O) groups is 1. The van der Waals surface area contributed by atoms with E-state index in [1.807, 2.05) is 55.1 Å². The first-order valence-corrected chi connectivity index (χ1v) is 10.3. The van der Waals surface area contributed by atoms with Crippen LogP contribution < -0.4 is 10.6 Å². The van der Waals surface area contributed by atoms with Gasteiger partial charge in [-0.15, -0.1) is 0 Å². The van der Waals surface area contributed by atoms with E-state index in [1.165, 1.54) is 0 Å². The minimum absolute atomic E-state index is 0.423. The van der Waals surface area contributed by atoms with Gasteiger partial charge in [-0.3, -0.25) is 9.48 Å². The Morgan fingerprint density at radius 1 is 0.967 bits per heavy atom. The number of nitrogens with two attached hydrogens (primary N) is 1. The van der Waals surface area contributed by atoms with E-state index in [0.29, 0.717) is 5.56 Å². The predicted octanol–water partition coefficient (Wildman–Crippen LogP) is 5.73. The Kier molecular flexibility index (Phi) is 5.42. The van der Waals surface area contributed by atoms with Crippen LogP contribution in [0.25, 0.3) is 11.3 Å². The van der Waals surface area contributed by atoms with Gasteiger partial charge >= 0.3 is 0 Å². The van der Waals surface area contributed by atoms with E-state index >= 15 is 0 Å². The summed E-state index contributed by atoms with van der Waals surface area (Å²) in [5.41, 5.74) is 11.9. The lowest BCUT2D eigenvalue weighted by molar-refractivity contribution is 0.0999. The summed E-state index contributed by atoms with van der Waals surface area (Å²) in [7, 11) is 1.92. The molecule has 3 aromatic carbocycles. The average Bonchev–Trinajstić information content (AvgIpc) is 3.07. The van der Waals surface area contributed by atoms with Crippen LogP contribution in [-0.2, 0) is 7.05 Å². The second-order valence-electron chi connectivity index (χ2n) is 7.05. The fourth-order valence-corrected chi connectivity index (χ4v) is 4.19. The largest absolute Gasteiger partial charge is 0.366 e. The highest BCUT2D eigenvalue weighted by Crippen LogP contribution is 2.38. The molecule has 30 heavy (non-hydrogen) atoms. The van der Waals surface area contributed by atoms with Gasteiger partial charge in [0, 0.05) is 35.2 Å². The molecule has 0 spiro atoms. The quantitative estimate of drug-likeness (QED) is 0.413. The molecule has 1 aromatic heterocycles. The van der Waals surface area contributed by atoms with Crippen LogP contribution in [0, 0.1) is 6.92 Å². The van der Waals surface area contributed by atoms with Crippen LogP contribution in [0.5, 0.6) is 0 Å². The molecule has 0 radical (unpaired) electrons. The predicted molar refractivity (Wildman–Crippen MR) is 124 cm³/mol. The summed E-state index contributed by atoms with van der Waals surface area (Å²) in [4.78, 5) is 13.8. The molecule has 1 amide bonds. The van der Waals surface area contributed by atoms with Gasteiger partial charge in [0.15, 0.2) is 0 Å². The molecule has 4 rings (SSSR count). The Balaban J connectivity index is 1.87. The second-order valence-corrected chi connectivity index (χ2v) is 7.90. The molecule has 0 atom stereocenters. The zero-order chi connectivity index (χ0) is 21.3. The highest BCUT2D eigenvalue weighted by molar-refractivity contribution is 9.10. The highest BCUT2D eigenvalue weighted by Gasteiger charge is 2.16. The summed E-state index contributed by atoms with van der Waals surface area (Å²) in [5.74, 6) is -0.423. The van der Waals surface area contributed by atoms with Crippen molar-refractivity contribution in [1.29, 1.82) is 0 Å². The summed E-state index contributed by atoms with van der Waals surface area (Å²) in [5, 5.41) is 4.33. The molecular weight excluding hydrogens is 440 g/mol. The third kappa shape index (κ3) is 3.74. The van der Waals surface area contributed by atoms with Crippen molar-refractivity contribution in [3.05, 3.63) is 94.6 Å². The molecule has 0 fully saturated rings. The summed E-state index contributed by atoms with van der Waals surface area (Å²) >= 11 is 3.60. The van der Waals surface area contributed by atoms with E-state index in [4.69, 9.17) is 5.73 Å². The Morgan fingerprint density at radius 3 is 2.30 bits per heavy atom. The number of halogens is 1. The number of nitrogens with zero attached hydrogens (tertiary/aromatic N) is 3. The van der Waals surface area contributed by atoms with Gasteiger partial charge in [-0.05, 0) is 70.9 Å². The zero-order valence-electron chi connectivity index (χ0n) is 16.7. The first-order chi connectivity index (χ1) is 14.5. The fourth-order valence-electron chi connectivity index (χ4n) is 3.62. The van der Waals surface area contributed by atoms with Crippen molar-refractivity contribution >= 4 is 38.9 Å².